The van der Waals surface area contributed by atoms with Crippen molar-refractivity contribution in [3.8, 4) is 0 Å². The van der Waals surface area contributed by atoms with Gasteiger partial charge in [0.2, 0.25) is 0 Å². The summed E-state index contributed by atoms with van der Waals surface area (Å²) in [5.74, 6) is 0.0862. The zero-order chi connectivity index (χ0) is 13.2. The molecule has 1 aliphatic rings. The minimum atomic E-state index is -0.595. The number of halogens is 1. The van der Waals surface area contributed by atoms with Gasteiger partial charge in [0, 0.05) is 10.7 Å². The monoisotopic (exact) mass is 267 g/mol. The van der Waals surface area contributed by atoms with Gasteiger partial charge in [-0.25, -0.2) is 4.79 Å². The molecule has 1 aliphatic carbocycles. The Labute approximate surface area is 112 Å². The van der Waals surface area contributed by atoms with E-state index >= 15 is 0 Å². The summed E-state index contributed by atoms with van der Waals surface area (Å²) in [5, 5.41) is 4.04. The average molecular weight is 268 g/mol. The van der Waals surface area contributed by atoms with E-state index in [-0.39, 0.29) is 11.9 Å². The van der Waals surface area contributed by atoms with Crippen LogP contribution in [0.2, 0.25) is 5.02 Å². The predicted octanol–water partition coefficient (Wildman–Crippen LogP) is 3.48. The molecule has 1 aromatic rings. The van der Waals surface area contributed by atoms with Gasteiger partial charge in [-0.05, 0) is 43.0 Å². The number of anilines is 1. The summed E-state index contributed by atoms with van der Waals surface area (Å²) >= 11 is 5.86. The molecule has 0 heterocycles. The third kappa shape index (κ3) is 2.32. The number of hydrogen-bond donors (Lipinski definition) is 1. The van der Waals surface area contributed by atoms with Crippen molar-refractivity contribution in [3.05, 3.63) is 29.3 Å². The molecule has 1 aromatic carbocycles. The van der Waals surface area contributed by atoms with Gasteiger partial charge in [-0.1, -0.05) is 24.9 Å². The summed E-state index contributed by atoms with van der Waals surface area (Å²) in [7, 11) is 1.44. The molecule has 0 amide bonds. The summed E-state index contributed by atoms with van der Waals surface area (Å²) in [6.07, 6.45) is 2.88. The number of methoxy groups -OCH3 is 1. The Hall–Kier alpha value is -1.22. The van der Waals surface area contributed by atoms with Gasteiger partial charge in [0.25, 0.3) is 0 Å². The normalized spacial score (nSPS) is 26.9. The summed E-state index contributed by atoms with van der Waals surface area (Å²) in [6.45, 7) is 2.09. The number of rotatable bonds is 3. The highest BCUT2D eigenvalue weighted by Gasteiger charge is 2.47. The molecular formula is C14H18ClNO2. The standard InChI is InChI=1S/C14H18ClNO2/c1-10-4-3-9-14(10,13(17)18-2)16-12-7-5-11(15)6-8-12/h5-8,10,16H,3-4,9H2,1-2H3. The van der Waals surface area contributed by atoms with E-state index in [1.165, 1.54) is 7.11 Å². The number of carbonyl (C=O) groups excluding carboxylic acids is 1. The Balaban J connectivity index is 2.26. The van der Waals surface area contributed by atoms with Crippen LogP contribution in [0.3, 0.4) is 0 Å². The Kier molecular flexibility index (Phi) is 3.81. The first-order valence-corrected chi connectivity index (χ1v) is 6.58. The first-order valence-electron chi connectivity index (χ1n) is 6.20. The summed E-state index contributed by atoms with van der Waals surface area (Å²) in [6, 6.07) is 7.40. The Bertz CT molecular complexity index is 432. The van der Waals surface area contributed by atoms with Crippen LogP contribution in [0.5, 0.6) is 0 Å². The fourth-order valence-corrected chi connectivity index (χ4v) is 2.82. The van der Waals surface area contributed by atoms with E-state index in [0.29, 0.717) is 5.02 Å². The fourth-order valence-electron chi connectivity index (χ4n) is 2.69. The Morgan fingerprint density at radius 3 is 2.61 bits per heavy atom. The van der Waals surface area contributed by atoms with Gasteiger partial charge in [0.05, 0.1) is 7.11 Å². The predicted molar refractivity (Wildman–Crippen MR) is 72.8 cm³/mol. The van der Waals surface area contributed by atoms with E-state index in [2.05, 4.69) is 12.2 Å². The molecule has 1 N–H and O–H groups in total. The zero-order valence-electron chi connectivity index (χ0n) is 10.7. The molecule has 4 heteroatoms. The number of nitrogens with one attached hydrogen (secondary N) is 1. The highest BCUT2D eigenvalue weighted by molar-refractivity contribution is 6.30. The second kappa shape index (κ2) is 5.19. The molecule has 2 unspecified atom stereocenters. The van der Waals surface area contributed by atoms with Crippen LogP contribution < -0.4 is 5.32 Å². The van der Waals surface area contributed by atoms with Crippen LogP contribution >= 0.6 is 11.6 Å². The number of hydrogen-bond acceptors (Lipinski definition) is 3. The SMILES string of the molecule is COC(=O)C1(Nc2ccc(Cl)cc2)CCCC1C. The molecule has 2 rings (SSSR count). The Morgan fingerprint density at radius 1 is 1.44 bits per heavy atom. The quantitative estimate of drug-likeness (QED) is 0.852. The molecule has 0 saturated heterocycles. The molecule has 3 nitrogen and oxygen atoms in total. The van der Waals surface area contributed by atoms with Crippen molar-refractivity contribution in [3.63, 3.8) is 0 Å². The van der Waals surface area contributed by atoms with Crippen LogP contribution in [0.1, 0.15) is 26.2 Å². The van der Waals surface area contributed by atoms with Crippen molar-refractivity contribution in [1.82, 2.24) is 0 Å². The van der Waals surface area contributed by atoms with Crippen LogP contribution in [0.4, 0.5) is 5.69 Å². The van der Waals surface area contributed by atoms with Gasteiger partial charge < -0.3 is 10.1 Å². The second-order valence-electron chi connectivity index (χ2n) is 4.89. The second-order valence-corrected chi connectivity index (χ2v) is 5.32. The molecule has 18 heavy (non-hydrogen) atoms. The van der Waals surface area contributed by atoms with Crippen molar-refractivity contribution in [2.75, 3.05) is 12.4 Å². The lowest BCUT2D eigenvalue weighted by Crippen LogP contribution is -2.49. The van der Waals surface area contributed by atoms with Crippen LogP contribution in [-0.2, 0) is 9.53 Å². The lowest BCUT2D eigenvalue weighted by atomic mass is 9.88. The maximum atomic E-state index is 12.1. The van der Waals surface area contributed by atoms with Crippen LogP contribution in [0, 0.1) is 5.92 Å². The summed E-state index contributed by atoms with van der Waals surface area (Å²) < 4.78 is 4.98. The molecule has 2 atom stereocenters. The van der Waals surface area contributed by atoms with Gasteiger partial charge in [-0.2, -0.15) is 0 Å². The lowest BCUT2D eigenvalue weighted by molar-refractivity contribution is -0.147. The molecule has 0 aromatic heterocycles. The first kappa shape index (κ1) is 13.2. The number of ether oxygens (including phenoxy) is 1. The minimum Gasteiger partial charge on any atom is -0.467 e. The van der Waals surface area contributed by atoms with Crippen molar-refractivity contribution in [2.24, 2.45) is 5.92 Å². The molecule has 0 bridgehead atoms. The largest absolute Gasteiger partial charge is 0.467 e. The van der Waals surface area contributed by atoms with E-state index in [9.17, 15) is 4.79 Å². The third-order valence-corrected chi connectivity index (χ3v) is 4.06. The molecular weight excluding hydrogens is 250 g/mol. The molecule has 1 saturated carbocycles. The van der Waals surface area contributed by atoms with Crippen molar-refractivity contribution in [2.45, 2.75) is 31.7 Å². The molecule has 98 valence electrons. The maximum Gasteiger partial charge on any atom is 0.331 e. The van der Waals surface area contributed by atoms with Crippen LogP contribution in [0.25, 0.3) is 0 Å². The van der Waals surface area contributed by atoms with Crippen molar-refractivity contribution >= 4 is 23.3 Å². The molecule has 0 radical (unpaired) electrons. The van der Waals surface area contributed by atoms with Gasteiger partial charge >= 0.3 is 5.97 Å². The van der Waals surface area contributed by atoms with E-state index in [4.69, 9.17) is 16.3 Å². The fraction of sp³-hybridized carbons (Fsp3) is 0.500. The lowest BCUT2D eigenvalue weighted by Gasteiger charge is -2.32. The van der Waals surface area contributed by atoms with Gasteiger partial charge in [-0.15, -0.1) is 0 Å². The van der Waals surface area contributed by atoms with Gasteiger partial charge in [0.1, 0.15) is 5.54 Å². The van der Waals surface area contributed by atoms with Crippen molar-refractivity contribution < 1.29 is 9.53 Å². The van der Waals surface area contributed by atoms with E-state index in [1.807, 2.05) is 24.3 Å². The highest BCUT2D eigenvalue weighted by Crippen LogP contribution is 2.39. The summed E-state index contributed by atoms with van der Waals surface area (Å²) in [4.78, 5) is 12.1. The van der Waals surface area contributed by atoms with Crippen molar-refractivity contribution in [1.29, 1.82) is 0 Å². The van der Waals surface area contributed by atoms with Crippen LogP contribution in [-0.4, -0.2) is 18.6 Å². The molecule has 0 spiro atoms. The first-order chi connectivity index (χ1) is 8.58. The Morgan fingerprint density at radius 2 is 2.11 bits per heavy atom. The van der Waals surface area contributed by atoms with E-state index < -0.39 is 5.54 Å². The smallest absolute Gasteiger partial charge is 0.331 e. The number of benzene rings is 1. The maximum absolute atomic E-state index is 12.1. The molecule has 1 fully saturated rings. The van der Waals surface area contributed by atoms with Gasteiger partial charge in [-0.3, -0.25) is 0 Å². The van der Waals surface area contributed by atoms with E-state index in [1.54, 1.807) is 0 Å². The average Bonchev–Trinajstić information content (AvgIpc) is 2.74. The minimum absolute atomic E-state index is 0.178. The van der Waals surface area contributed by atoms with Crippen LogP contribution in [0.15, 0.2) is 24.3 Å². The topological polar surface area (TPSA) is 38.3 Å². The summed E-state index contributed by atoms with van der Waals surface area (Å²) in [5.41, 5.74) is 0.307. The zero-order valence-corrected chi connectivity index (χ0v) is 11.5. The third-order valence-electron chi connectivity index (χ3n) is 3.81. The number of carbonyl (C=O) groups is 1. The molecule has 0 aliphatic heterocycles. The number of esters is 1. The highest BCUT2D eigenvalue weighted by atomic mass is 35.5. The van der Waals surface area contributed by atoms with E-state index in [0.717, 1.165) is 24.9 Å². The van der Waals surface area contributed by atoms with Gasteiger partial charge in [0.15, 0.2) is 0 Å².